The molecule has 2 aliphatic rings. The highest BCUT2D eigenvalue weighted by molar-refractivity contribution is 6.10. The van der Waals surface area contributed by atoms with E-state index < -0.39 is 0 Å². The van der Waals surface area contributed by atoms with Crippen LogP contribution in [0.3, 0.4) is 0 Å². The van der Waals surface area contributed by atoms with E-state index in [0.29, 0.717) is 17.5 Å². The third kappa shape index (κ3) is 3.46. The van der Waals surface area contributed by atoms with E-state index in [4.69, 9.17) is 4.42 Å². The average molecular weight is 578 g/mol. The zero-order valence-electron chi connectivity index (χ0n) is 24.9. The second-order valence-electron chi connectivity index (χ2n) is 12.7. The monoisotopic (exact) mass is 577 g/mol. The average Bonchev–Trinajstić information content (AvgIpc) is 3.68. The Morgan fingerprint density at radius 1 is 0.756 bits per heavy atom. The van der Waals surface area contributed by atoms with Gasteiger partial charge in [-0.25, -0.2) is 0 Å². The molecule has 5 aromatic carbocycles. The number of furan rings is 1. The molecule has 2 heterocycles. The van der Waals surface area contributed by atoms with Crippen molar-refractivity contribution in [1.82, 2.24) is 4.57 Å². The van der Waals surface area contributed by atoms with E-state index >= 15 is 0 Å². The highest BCUT2D eigenvalue weighted by Gasteiger charge is 2.36. The molecule has 4 nitrogen and oxygen atoms in total. The summed E-state index contributed by atoms with van der Waals surface area (Å²) in [6, 6.07) is 38.1. The minimum atomic E-state index is -0.0886. The van der Waals surface area contributed by atoms with Crippen molar-refractivity contribution in [3.05, 3.63) is 142 Å². The van der Waals surface area contributed by atoms with Gasteiger partial charge in [-0.15, -0.1) is 0 Å². The quantitative estimate of drug-likeness (QED) is 0.205. The Morgan fingerprint density at radius 3 is 2.44 bits per heavy atom. The number of nitriles is 2. The predicted molar refractivity (Wildman–Crippen MR) is 179 cm³/mol. The number of hydrogen-bond donors (Lipinski definition) is 0. The second-order valence-corrected chi connectivity index (χ2v) is 12.7. The number of benzene rings is 5. The largest absolute Gasteiger partial charge is 0.460 e. The van der Waals surface area contributed by atoms with Crippen molar-refractivity contribution in [1.29, 1.82) is 10.5 Å². The Balaban J connectivity index is 1.21. The molecule has 2 aliphatic carbocycles. The predicted octanol–water partition coefficient (Wildman–Crippen LogP) is 9.93. The minimum absolute atomic E-state index is 0.0139. The summed E-state index contributed by atoms with van der Waals surface area (Å²) in [7, 11) is 0. The van der Waals surface area contributed by atoms with E-state index in [1.54, 1.807) is 0 Å². The Morgan fingerprint density at radius 2 is 1.58 bits per heavy atom. The lowest BCUT2D eigenvalue weighted by Crippen LogP contribution is -2.14. The van der Waals surface area contributed by atoms with Crippen LogP contribution in [0.4, 0.5) is 0 Å². The van der Waals surface area contributed by atoms with Gasteiger partial charge in [0.1, 0.15) is 17.4 Å². The van der Waals surface area contributed by atoms with Crippen LogP contribution in [0.15, 0.2) is 108 Å². The molecule has 0 radical (unpaired) electrons. The summed E-state index contributed by atoms with van der Waals surface area (Å²) in [6.07, 6.45) is 5.18. The number of para-hydroxylation sites is 2. The summed E-state index contributed by atoms with van der Waals surface area (Å²) in [5.74, 6) is 0.987. The van der Waals surface area contributed by atoms with E-state index in [-0.39, 0.29) is 11.3 Å². The molecule has 212 valence electrons. The molecule has 0 amide bonds. The molecule has 7 aromatic rings. The Labute approximate surface area is 260 Å². The van der Waals surface area contributed by atoms with E-state index in [2.05, 4.69) is 97.3 Å². The topological polar surface area (TPSA) is 65.7 Å². The maximum Gasteiger partial charge on any atom is 0.135 e. The van der Waals surface area contributed by atoms with Gasteiger partial charge < -0.3 is 8.98 Å². The number of hydrogen-bond acceptors (Lipinski definition) is 3. The lowest BCUT2D eigenvalue weighted by molar-refractivity contribution is 0.531. The molecule has 0 spiro atoms. The highest BCUT2D eigenvalue weighted by Crippen LogP contribution is 2.51. The first kappa shape index (κ1) is 25.6. The Hall–Kier alpha value is -5.84. The summed E-state index contributed by atoms with van der Waals surface area (Å²) in [4.78, 5) is 0. The van der Waals surface area contributed by atoms with Gasteiger partial charge in [-0.3, -0.25) is 0 Å². The van der Waals surface area contributed by atoms with Crippen molar-refractivity contribution >= 4 is 38.9 Å². The van der Waals surface area contributed by atoms with E-state index in [9.17, 15) is 10.5 Å². The molecular weight excluding hydrogens is 550 g/mol. The van der Waals surface area contributed by atoms with Crippen molar-refractivity contribution in [3.8, 4) is 29.0 Å². The molecule has 0 saturated heterocycles. The smallest absolute Gasteiger partial charge is 0.135 e. The Bertz CT molecular complexity index is 2530. The first-order chi connectivity index (χ1) is 22.0. The number of nitrogens with zero attached hydrogens (tertiary/aromatic N) is 3. The van der Waals surface area contributed by atoms with Crippen LogP contribution in [0.2, 0.25) is 0 Å². The summed E-state index contributed by atoms with van der Waals surface area (Å²) in [5.41, 5.74) is 12.4. The fourth-order valence-corrected chi connectivity index (χ4v) is 7.87. The van der Waals surface area contributed by atoms with Gasteiger partial charge in [0.2, 0.25) is 0 Å². The standard InChI is InChI=1S/C41H27N3O/c1-41(2)34-12-5-3-9-28(34)31-20-33-30-16-15-25(19-38(30)45-39(33)21-35(31)41)27-11-7-8-26(23-43)40(27)44-36-13-6-4-10-29(36)32-18-24(22-42)14-17-37(32)44/h3-18,20-21,25H,19H2,1-2H3. The van der Waals surface area contributed by atoms with Crippen LogP contribution in [0.25, 0.3) is 55.7 Å². The van der Waals surface area contributed by atoms with Crippen LogP contribution in [0, 0.1) is 22.7 Å². The van der Waals surface area contributed by atoms with Crippen molar-refractivity contribution < 1.29 is 4.42 Å². The van der Waals surface area contributed by atoms with Gasteiger partial charge in [0.15, 0.2) is 0 Å². The van der Waals surface area contributed by atoms with Gasteiger partial charge in [0, 0.05) is 39.5 Å². The fraction of sp³-hybridized carbons (Fsp3) is 0.122. The third-order valence-corrected chi connectivity index (χ3v) is 10.0. The van der Waals surface area contributed by atoms with Crippen LogP contribution in [0.5, 0.6) is 0 Å². The van der Waals surface area contributed by atoms with Gasteiger partial charge in [-0.05, 0) is 70.3 Å². The van der Waals surface area contributed by atoms with Crippen LogP contribution >= 0.6 is 0 Å². The molecular formula is C41H27N3O. The number of rotatable bonds is 2. The van der Waals surface area contributed by atoms with Crippen LogP contribution in [-0.2, 0) is 11.8 Å². The molecule has 4 heteroatoms. The van der Waals surface area contributed by atoms with Gasteiger partial charge in [-0.2, -0.15) is 10.5 Å². The van der Waals surface area contributed by atoms with Crippen molar-refractivity contribution in [3.63, 3.8) is 0 Å². The maximum atomic E-state index is 10.4. The van der Waals surface area contributed by atoms with Crippen molar-refractivity contribution in [2.45, 2.75) is 31.6 Å². The zero-order chi connectivity index (χ0) is 30.4. The van der Waals surface area contributed by atoms with Gasteiger partial charge in [0.25, 0.3) is 0 Å². The third-order valence-electron chi connectivity index (χ3n) is 10.0. The number of fused-ring (bicyclic) bond motifs is 9. The molecule has 9 rings (SSSR count). The number of aromatic nitrogens is 1. The molecule has 0 fully saturated rings. The Kier molecular flexibility index (Phi) is 5.18. The highest BCUT2D eigenvalue weighted by atomic mass is 16.3. The molecule has 0 bridgehead atoms. The summed E-state index contributed by atoms with van der Waals surface area (Å²) < 4.78 is 8.86. The van der Waals surface area contributed by atoms with E-state index in [0.717, 1.165) is 55.3 Å². The zero-order valence-corrected chi connectivity index (χ0v) is 24.9. The van der Waals surface area contributed by atoms with Crippen LogP contribution < -0.4 is 0 Å². The lowest BCUT2D eigenvalue weighted by Gasteiger charge is -2.22. The van der Waals surface area contributed by atoms with Gasteiger partial charge in [0.05, 0.1) is 33.9 Å². The first-order valence-corrected chi connectivity index (χ1v) is 15.3. The molecule has 0 N–H and O–H groups in total. The van der Waals surface area contributed by atoms with E-state index in [1.807, 2.05) is 42.5 Å². The second kappa shape index (κ2) is 9.08. The minimum Gasteiger partial charge on any atom is -0.460 e. The van der Waals surface area contributed by atoms with E-state index in [1.165, 1.54) is 22.3 Å². The van der Waals surface area contributed by atoms with Gasteiger partial charge in [-0.1, -0.05) is 80.6 Å². The fourth-order valence-electron chi connectivity index (χ4n) is 7.87. The lowest BCUT2D eigenvalue weighted by atomic mass is 9.82. The molecule has 45 heavy (non-hydrogen) atoms. The molecule has 2 aromatic heterocycles. The summed E-state index contributed by atoms with van der Waals surface area (Å²) >= 11 is 0. The van der Waals surface area contributed by atoms with Crippen molar-refractivity contribution in [2.24, 2.45) is 0 Å². The van der Waals surface area contributed by atoms with Crippen molar-refractivity contribution in [2.75, 3.05) is 0 Å². The van der Waals surface area contributed by atoms with Crippen LogP contribution in [-0.4, -0.2) is 4.57 Å². The molecule has 1 atom stereocenters. The van der Waals surface area contributed by atoms with Crippen LogP contribution in [0.1, 0.15) is 58.9 Å². The number of allylic oxidation sites excluding steroid dienone is 1. The summed E-state index contributed by atoms with van der Waals surface area (Å²) in [5, 5.41) is 23.2. The molecule has 0 aliphatic heterocycles. The summed E-state index contributed by atoms with van der Waals surface area (Å²) in [6.45, 7) is 4.59. The van der Waals surface area contributed by atoms with Gasteiger partial charge >= 0.3 is 0 Å². The molecule has 0 saturated carbocycles. The normalized spacial score (nSPS) is 16.0. The molecule has 1 unspecified atom stereocenters. The maximum absolute atomic E-state index is 10.4. The SMILES string of the molecule is CC1(C)c2ccccc2-c2cc3c4c(oc3cc21)CC(c1cccc(C#N)c1-n1c2ccccc2c2cc(C#N)ccc21)C=C4. The first-order valence-electron chi connectivity index (χ1n) is 15.3.